The second-order valence-corrected chi connectivity index (χ2v) is 17.3. The zero-order valence-electron chi connectivity index (χ0n) is 20.5. The van der Waals surface area contributed by atoms with Gasteiger partial charge in [-0.25, -0.2) is 8.42 Å². The number of rotatable bonds is 8. The van der Waals surface area contributed by atoms with Gasteiger partial charge in [0.2, 0.25) is 0 Å². The van der Waals surface area contributed by atoms with E-state index in [1.165, 1.54) is 38.5 Å². The largest absolute Gasteiger partial charge is 0.491 e. The van der Waals surface area contributed by atoms with Gasteiger partial charge in [0.05, 0.1) is 21.1 Å². The van der Waals surface area contributed by atoms with Crippen molar-refractivity contribution in [2.75, 3.05) is 13.2 Å². The molecule has 8 bridgehead atoms. The van der Waals surface area contributed by atoms with Crippen molar-refractivity contribution in [2.24, 2.45) is 35.5 Å². The topological polar surface area (TPSA) is 46.6 Å². The van der Waals surface area contributed by atoms with Gasteiger partial charge in [-0.05, 0) is 125 Å². The molecule has 4 nitrogen and oxygen atoms in total. The molecule has 8 fully saturated rings. The zero-order valence-corrected chi connectivity index (χ0v) is 22.9. The number of ether oxygens (including phenoxy) is 1. The average molecular weight is 536 g/mol. The highest BCUT2D eigenvalue weighted by molar-refractivity contribution is 7.99. The van der Waals surface area contributed by atoms with Crippen molar-refractivity contribution >= 4 is 33.6 Å². The van der Waals surface area contributed by atoms with Crippen LogP contribution in [0.5, 0.6) is 5.75 Å². The van der Waals surface area contributed by atoms with Gasteiger partial charge < -0.3 is 4.74 Å². The van der Waals surface area contributed by atoms with Crippen LogP contribution in [0.3, 0.4) is 0 Å². The third-order valence-electron chi connectivity index (χ3n) is 10.4. The molecule has 1 aromatic carbocycles. The molecule has 0 heterocycles. The van der Waals surface area contributed by atoms with Crippen LogP contribution >= 0.6 is 11.6 Å². The molecule has 0 spiro atoms. The fourth-order valence-corrected chi connectivity index (χ4v) is 15.2. The molecule has 8 aliphatic rings. The maximum Gasteiger partial charge on any atom is 0.137 e. The minimum Gasteiger partial charge on any atom is -0.491 e. The lowest BCUT2D eigenvalue weighted by molar-refractivity contribution is 0.0324. The van der Waals surface area contributed by atoms with Crippen LogP contribution in [0.25, 0.3) is 0 Å². The molecule has 8 aliphatic carbocycles. The van der Waals surface area contributed by atoms with Crippen LogP contribution in [0.15, 0.2) is 24.3 Å². The van der Waals surface area contributed by atoms with Gasteiger partial charge in [-0.3, -0.25) is 0 Å². The maximum absolute atomic E-state index is 14.6. The Labute approximate surface area is 220 Å². The predicted octanol–water partition coefficient (Wildman–Crippen LogP) is 6.29. The van der Waals surface area contributed by atoms with Crippen LogP contribution in [0.2, 0.25) is 5.02 Å². The van der Waals surface area contributed by atoms with Crippen LogP contribution in [-0.4, -0.2) is 34.8 Å². The summed E-state index contributed by atoms with van der Waals surface area (Å²) in [6.07, 6.45) is 14.3. The molecule has 0 aromatic heterocycles. The van der Waals surface area contributed by atoms with Crippen LogP contribution in [-0.2, 0) is 22.0 Å². The van der Waals surface area contributed by atoms with Crippen LogP contribution < -0.4 is 4.74 Å². The predicted molar refractivity (Wildman–Crippen MR) is 142 cm³/mol. The Balaban J connectivity index is 1.17. The van der Waals surface area contributed by atoms with Crippen molar-refractivity contribution in [3.63, 3.8) is 0 Å². The first kappa shape index (κ1) is 23.7. The lowest BCUT2D eigenvalue weighted by Gasteiger charge is -2.58. The van der Waals surface area contributed by atoms with Gasteiger partial charge in [-0.2, -0.15) is 0 Å². The summed E-state index contributed by atoms with van der Waals surface area (Å²) in [6.45, 7) is 0.799. The molecule has 2 unspecified atom stereocenters. The lowest BCUT2D eigenvalue weighted by atomic mass is 9.56. The standard InChI is InChI=1S/C28H38ClNO3S2/c29-25-3-1-2-4-26(25)33-6-5-30(34(31)27-13-19-7-20(14-27)9-21(8-19)15-27)35(32)28-16-22-10-23(17-28)12-24(11-22)18-28/h1-4,19-24H,5-18H2. The molecular formula is C28H38ClNO3S2. The number of benzene rings is 1. The van der Waals surface area contributed by atoms with Crippen LogP contribution in [0.4, 0.5) is 0 Å². The first-order chi connectivity index (χ1) is 16.9. The second kappa shape index (κ2) is 8.81. The summed E-state index contributed by atoms with van der Waals surface area (Å²) >= 11 is 6.33. The molecular weight excluding hydrogens is 498 g/mol. The van der Waals surface area contributed by atoms with E-state index >= 15 is 0 Å². The Hall–Kier alpha value is -0.430. The molecule has 2 atom stereocenters. The van der Waals surface area contributed by atoms with Crippen molar-refractivity contribution < 1.29 is 13.2 Å². The fraction of sp³-hybridized carbons (Fsp3) is 0.786. The van der Waals surface area contributed by atoms with E-state index in [9.17, 15) is 8.42 Å². The smallest absolute Gasteiger partial charge is 0.137 e. The summed E-state index contributed by atoms with van der Waals surface area (Å²) in [6, 6.07) is 7.51. The fourth-order valence-electron chi connectivity index (χ4n) is 9.94. The Bertz CT molecular complexity index is 918. The number of hydrogen-bond acceptors (Lipinski definition) is 3. The van der Waals surface area contributed by atoms with Gasteiger partial charge in [-0.15, -0.1) is 3.71 Å². The number of para-hydroxylation sites is 1. The summed E-state index contributed by atoms with van der Waals surface area (Å²) in [7, 11) is -2.50. The number of halogens is 1. The normalized spacial score (nSPS) is 44.6. The summed E-state index contributed by atoms with van der Waals surface area (Å²) < 4.78 is 36.9. The van der Waals surface area contributed by atoms with E-state index in [1.807, 2.05) is 28.0 Å². The Morgan fingerprint density at radius 2 is 1.14 bits per heavy atom. The number of nitrogens with zero attached hydrogens (tertiary/aromatic N) is 1. The van der Waals surface area contributed by atoms with E-state index in [1.54, 1.807) is 0 Å². The first-order valence-corrected chi connectivity index (χ1v) is 16.5. The molecule has 8 saturated carbocycles. The van der Waals surface area contributed by atoms with Crippen molar-refractivity contribution in [2.45, 2.75) is 86.5 Å². The Morgan fingerprint density at radius 3 is 1.54 bits per heavy atom. The molecule has 0 radical (unpaired) electrons. The van der Waals surface area contributed by atoms with E-state index < -0.39 is 22.0 Å². The number of hydrogen-bond donors (Lipinski definition) is 0. The van der Waals surface area contributed by atoms with E-state index in [2.05, 4.69) is 0 Å². The van der Waals surface area contributed by atoms with E-state index in [-0.39, 0.29) is 9.49 Å². The van der Waals surface area contributed by atoms with Crippen molar-refractivity contribution in [1.82, 2.24) is 3.71 Å². The summed E-state index contributed by atoms with van der Waals surface area (Å²) in [5.41, 5.74) is 0. The van der Waals surface area contributed by atoms with E-state index in [0.29, 0.717) is 23.9 Å². The minimum atomic E-state index is -1.25. The Morgan fingerprint density at radius 1 is 0.743 bits per heavy atom. The molecule has 0 aliphatic heterocycles. The van der Waals surface area contributed by atoms with Gasteiger partial charge in [0.15, 0.2) is 0 Å². The van der Waals surface area contributed by atoms with E-state index in [0.717, 1.165) is 74.0 Å². The summed E-state index contributed by atoms with van der Waals surface area (Å²) in [5.74, 6) is 4.98. The molecule has 0 saturated heterocycles. The van der Waals surface area contributed by atoms with Gasteiger partial charge in [0, 0.05) is 0 Å². The monoisotopic (exact) mass is 535 g/mol. The molecule has 0 amide bonds. The van der Waals surface area contributed by atoms with Gasteiger partial charge in [0.1, 0.15) is 34.3 Å². The highest BCUT2D eigenvalue weighted by Gasteiger charge is 2.59. The summed E-state index contributed by atoms with van der Waals surface area (Å²) in [5, 5.41) is 0.587. The van der Waals surface area contributed by atoms with Crippen molar-refractivity contribution in [1.29, 1.82) is 0 Å². The molecule has 192 valence electrons. The van der Waals surface area contributed by atoms with Gasteiger partial charge >= 0.3 is 0 Å². The maximum atomic E-state index is 14.6. The molecule has 0 N–H and O–H groups in total. The highest BCUT2D eigenvalue weighted by Crippen LogP contribution is 2.61. The van der Waals surface area contributed by atoms with Gasteiger partial charge in [0.25, 0.3) is 0 Å². The highest BCUT2D eigenvalue weighted by atomic mass is 35.5. The first-order valence-electron chi connectivity index (χ1n) is 13.9. The Kier molecular flexibility index (Phi) is 5.96. The second-order valence-electron chi connectivity index (χ2n) is 13.0. The van der Waals surface area contributed by atoms with Gasteiger partial charge in [-0.1, -0.05) is 23.7 Å². The van der Waals surface area contributed by atoms with Crippen molar-refractivity contribution in [3.05, 3.63) is 29.3 Å². The van der Waals surface area contributed by atoms with Crippen molar-refractivity contribution in [3.8, 4) is 5.75 Å². The molecule has 35 heavy (non-hydrogen) atoms. The lowest BCUT2D eigenvalue weighted by Crippen LogP contribution is -2.60. The molecule has 9 rings (SSSR count). The average Bonchev–Trinajstić information content (AvgIpc) is 2.80. The summed E-state index contributed by atoms with van der Waals surface area (Å²) in [4.78, 5) is 0. The third kappa shape index (κ3) is 4.08. The third-order valence-corrected chi connectivity index (χ3v) is 15.2. The van der Waals surface area contributed by atoms with E-state index in [4.69, 9.17) is 16.3 Å². The minimum absolute atomic E-state index is 0.170. The zero-order chi connectivity index (χ0) is 23.8. The quantitative estimate of drug-likeness (QED) is 0.393. The SMILES string of the molecule is O=S(N(CCOc1ccccc1Cl)S(=O)C12CC3CC(CC(C3)C1)C2)C12CC3CC(CC(C3)C1)C2. The molecule has 1 aromatic rings. The molecule has 7 heteroatoms. The van der Waals surface area contributed by atoms with Crippen LogP contribution in [0.1, 0.15) is 77.0 Å². The van der Waals surface area contributed by atoms with Crippen LogP contribution in [0, 0.1) is 35.5 Å².